The molecule has 0 unspecified atom stereocenters. The highest BCUT2D eigenvalue weighted by Crippen LogP contribution is 2.07. The second kappa shape index (κ2) is 17.6. The summed E-state index contributed by atoms with van der Waals surface area (Å²) in [4.78, 5) is 82.2. The Bertz CT molecular complexity index is 837. The van der Waals surface area contributed by atoms with Gasteiger partial charge in [-0.2, -0.15) is 0 Å². The summed E-state index contributed by atoms with van der Waals surface area (Å²) < 4.78 is 0. The zero-order valence-corrected chi connectivity index (χ0v) is 20.3. The van der Waals surface area contributed by atoms with Crippen molar-refractivity contribution in [3.63, 3.8) is 0 Å². The molecule has 4 amide bonds. The Morgan fingerprint density at radius 3 is 1.54 bits per heavy atom. The predicted octanol–water partition coefficient (Wildman–Crippen LogP) is -3.02. The summed E-state index contributed by atoms with van der Waals surface area (Å²) >= 11 is 0. The van der Waals surface area contributed by atoms with Gasteiger partial charge in [0.15, 0.2) is 0 Å². The van der Waals surface area contributed by atoms with Gasteiger partial charge in [0.2, 0.25) is 23.6 Å². The average molecular weight is 533 g/mol. The van der Waals surface area contributed by atoms with E-state index in [0.29, 0.717) is 19.4 Å². The fourth-order valence-electron chi connectivity index (χ4n) is 3.08. The van der Waals surface area contributed by atoms with Gasteiger partial charge in [-0.3, -0.25) is 28.8 Å². The molecule has 0 aliphatic carbocycles. The van der Waals surface area contributed by atoms with Crippen LogP contribution in [0.15, 0.2) is 0 Å². The van der Waals surface area contributed by atoms with Crippen molar-refractivity contribution in [3.05, 3.63) is 0 Å². The third-order valence-corrected chi connectivity index (χ3v) is 5.16. The molecule has 0 rings (SSSR count). The quantitative estimate of drug-likeness (QED) is 0.0708. The van der Waals surface area contributed by atoms with Crippen LogP contribution in [0.3, 0.4) is 0 Å². The largest absolute Gasteiger partial charge is 0.481 e. The molecular weight excluding hydrogens is 496 g/mol. The number of rotatable bonds is 20. The van der Waals surface area contributed by atoms with Crippen LogP contribution in [0.5, 0.6) is 0 Å². The maximum absolute atomic E-state index is 13.0. The van der Waals surface area contributed by atoms with Crippen LogP contribution in [0.1, 0.15) is 57.8 Å². The van der Waals surface area contributed by atoms with Gasteiger partial charge in [-0.05, 0) is 45.1 Å². The summed E-state index contributed by atoms with van der Waals surface area (Å²) in [5, 5.41) is 33.9. The van der Waals surface area contributed by atoms with Crippen LogP contribution < -0.4 is 33.2 Å². The molecule has 0 saturated heterocycles. The molecule has 0 heterocycles. The fourth-order valence-corrected chi connectivity index (χ4v) is 3.08. The van der Waals surface area contributed by atoms with E-state index in [1.54, 1.807) is 0 Å². The van der Waals surface area contributed by atoms with Crippen LogP contribution in [-0.4, -0.2) is 87.6 Å². The van der Waals surface area contributed by atoms with E-state index in [2.05, 4.69) is 16.0 Å². The lowest BCUT2D eigenvalue weighted by molar-refractivity contribution is -0.144. The van der Waals surface area contributed by atoms with Crippen molar-refractivity contribution in [1.82, 2.24) is 16.0 Å². The molecule has 4 atom stereocenters. The van der Waals surface area contributed by atoms with Crippen molar-refractivity contribution in [1.29, 1.82) is 0 Å². The highest BCUT2D eigenvalue weighted by Gasteiger charge is 2.30. The molecule has 37 heavy (non-hydrogen) atoms. The van der Waals surface area contributed by atoms with Gasteiger partial charge in [-0.15, -0.1) is 0 Å². The van der Waals surface area contributed by atoms with Gasteiger partial charge in [-0.25, -0.2) is 4.79 Å². The number of unbranched alkanes of at least 4 members (excludes halogenated alkanes) is 1. The normalized spacial score (nSPS) is 13.9. The van der Waals surface area contributed by atoms with Crippen molar-refractivity contribution >= 4 is 41.5 Å². The molecule has 0 fully saturated rings. The molecule has 0 aromatic rings. The van der Waals surface area contributed by atoms with Gasteiger partial charge < -0.3 is 48.5 Å². The number of aliphatic carboxylic acids is 3. The molecule has 12 N–H and O–H groups in total. The summed E-state index contributed by atoms with van der Waals surface area (Å²) in [6.45, 7) is 0.303. The van der Waals surface area contributed by atoms with Crippen molar-refractivity contribution in [2.45, 2.75) is 82.0 Å². The Balaban J connectivity index is 5.58. The molecule has 0 aromatic heterocycles. The Hall–Kier alpha value is -3.79. The first-order valence-corrected chi connectivity index (χ1v) is 11.6. The van der Waals surface area contributed by atoms with E-state index in [4.69, 9.17) is 27.4 Å². The van der Waals surface area contributed by atoms with Crippen LogP contribution in [-0.2, 0) is 33.6 Å². The van der Waals surface area contributed by atoms with Crippen LogP contribution in [0, 0.1) is 0 Å². The van der Waals surface area contributed by atoms with Gasteiger partial charge in [0.25, 0.3) is 0 Å². The van der Waals surface area contributed by atoms with Crippen LogP contribution >= 0.6 is 0 Å². The number of hydrogen-bond acceptors (Lipinski definition) is 9. The number of primary amides is 1. The standard InChI is InChI=1S/C21H36N6O10/c22-10-2-1-3-12(25-18(33)11(23)4-7-15(24)28)19(34)26-13(5-8-16(29)30)20(35)27-14(21(36)37)6-9-17(31)32/h11-14H,1-10,22-23H2,(H2,24,28)(H,25,33)(H,26,34)(H,27,35)(H,29,30)(H,31,32)(H,36,37)/t11-,12-,13-,14-/m0/s1. The lowest BCUT2D eigenvalue weighted by Crippen LogP contribution is -2.57. The molecule has 0 spiro atoms. The predicted molar refractivity (Wildman–Crippen MR) is 126 cm³/mol. The second-order valence-corrected chi connectivity index (χ2v) is 8.28. The lowest BCUT2D eigenvalue weighted by Gasteiger charge is -2.25. The first-order valence-electron chi connectivity index (χ1n) is 11.6. The number of amides is 4. The van der Waals surface area contributed by atoms with E-state index in [-0.39, 0.29) is 19.3 Å². The number of carbonyl (C=O) groups excluding carboxylic acids is 4. The smallest absolute Gasteiger partial charge is 0.326 e. The third-order valence-electron chi connectivity index (χ3n) is 5.16. The van der Waals surface area contributed by atoms with Gasteiger partial charge in [-0.1, -0.05) is 0 Å². The Morgan fingerprint density at radius 1 is 0.622 bits per heavy atom. The topological polar surface area (TPSA) is 294 Å². The highest BCUT2D eigenvalue weighted by atomic mass is 16.4. The fraction of sp³-hybridized carbons (Fsp3) is 0.667. The average Bonchev–Trinajstić information content (AvgIpc) is 2.81. The summed E-state index contributed by atoms with van der Waals surface area (Å²) in [5.41, 5.74) is 16.2. The minimum Gasteiger partial charge on any atom is -0.481 e. The maximum atomic E-state index is 13.0. The molecule has 0 aromatic carbocycles. The lowest BCUT2D eigenvalue weighted by atomic mass is 10.0. The van der Waals surface area contributed by atoms with Gasteiger partial charge in [0.1, 0.15) is 18.1 Å². The van der Waals surface area contributed by atoms with Gasteiger partial charge in [0, 0.05) is 19.3 Å². The molecule has 0 aliphatic heterocycles. The highest BCUT2D eigenvalue weighted by molar-refractivity contribution is 5.94. The monoisotopic (exact) mass is 532 g/mol. The number of carboxylic acids is 3. The SMILES string of the molecule is NCCCC[C@H](NC(=O)[C@@H](N)CCC(N)=O)C(=O)N[C@@H](CCC(=O)O)C(=O)N[C@@H](CCC(=O)O)C(=O)O. The number of nitrogens with two attached hydrogens (primary N) is 3. The van der Waals surface area contributed by atoms with E-state index in [9.17, 15) is 38.7 Å². The third kappa shape index (κ3) is 15.0. The van der Waals surface area contributed by atoms with E-state index in [1.807, 2.05) is 0 Å². The van der Waals surface area contributed by atoms with Gasteiger partial charge in [0.05, 0.1) is 6.04 Å². The van der Waals surface area contributed by atoms with Crippen molar-refractivity contribution in [2.75, 3.05) is 6.54 Å². The van der Waals surface area contributed by atoms with Crippen molar-refractivity contribution < 1.29 is 48.9 Å². The zero-order chi connectivity index (χ0) is 28.5. The van der Waals surface area contributed by atoms with Crippen molar-refractivity contribution in [3.8, 4) is 0 Å². The summed E-state index contributed by atoms with van der Waals surface area (Å²) in [6, 6.07) is -5.47. The van der Waals surface area contributed by atoms with E-state index >= 15 is 0 Å². The van der Waals surface area contributed by atoms with E-state index < -0.39 is 91.4 Å². The first-order chi connectivity index (χ1) is 17.3. The number of hydrogen-bond donors (Lipinski definition) is 9. The Kier molecular flexibility index (Phi) is 15.8. The molecule has 0 aliphatic rings. The molecule has 0 bridgehead atoms. The Labute approximate surface area is 212 Å². The van der Waals surface area contributed by atoms with Crippen molar-refractivity contribution in [2.24, 2.45) is 17.2 Å². The number of carbonyl (C=O) groups is 7. The molecule has 0 radical (unpaired) electrons. The second-order valence-electron chi connectivity index (χ2n) is 8.28. The van der Waals surface area contributed by atoms with Crippen LogP contribution in [0.2, 0.25) is 0 Å². The maximum Gasteiger partial charge on any atom is 0.326 e. The van der Waals surface area contributed by atoms with E-state index in [1.165, 1.54) is 0 Å². The summed E-state index contributed by atoms with van der Waals surface area (Å²) in [6.07, 6.45) is -1.24. The summed E-state index contributed by atoms with van der Waals surface area (Å²) in [5.74, 6) is -7.44. The van der Waals surface area contributed by atoms with E-state index in [0.717, 1.165) is 0 Å². The van der Waals surface area contributed by atoms with Crippen LogP contribution in [0.4, 0.5) is 0 Å². The molecule has 0 saturated carbocycles. The molecule has 16 heteroatoms. The van der Waals surface area contributed by atoms with Gasteiger partial charge >= 0.3 is 17.9 Å². The minimum atomic E-state index is -1.60. The Morgan fingerprint density at radius 2 is 1.08 bits per heavy atom. The number of carboxylic acid groups (broad SMARTS) is 3. The minimum absolute atomic E-state index is 0.0745. The summed E-state index contributed by atoms with van der Waals surface area (Å²) in [7, 11) is 0. The van der Waals surface area contributed by atoms with Crippen LogP contribution in [0.25, 0.3) is 0 Å². The molecular formula is C21H36N6O10. The first kappa shape index (κ1) is 33.2. The number of nitrogens with one attached hydrogen (secondary N) is 3. The molecule has 210 valence electrons. The molecule has 16 nitrogen and oxygen atoms in total. The zero-order valence-electron chi connectivity index (χ0n) is 20.3.